The Hall–Kier alpha value is -4.07. The molecule has 3 N–H and O–H groups in total. The number of hydrogen-bond donors (Lipinski definition) is 3. The number of aromatic amines is 1. The van der Waals surface area contributed by atoms with E-state index in [2.05, 4.69) is 15.3 Å². The zero-order chi connectivity index (χ0) is 20.8. The molecule has 2 amide bonds. The minimum atomic E-state index is -1.04. The number of rotatable bonds is 2. The maximum absolute atomic E-state index is 12.5. The van der Waals surface area contributed by atoms with Gasteiger partial charge in [0.2, 0.25) is 5.88 Å². The van der Waals surface area contributed by atoms with Gasteiger partial charge in [0.25, 0.3) is 5.91 Å². The van der Waals surface area contributed by atoms with Crippen molar-refractivity contribution in [3.8, 4) is 17.0 Å². The second kappa shape index (κ2) is 6.77. The number of carbonyl (C=O) groups excluding carboxylic acids is 1. The number of carboxylic acid groups (broad SMARTS) is 1. The summed E-state index contributed by atoms with van der Waals surface area (Å²) in [5.74, 6) is 0.151. The summed E-state index contributed by atoms with van der Waals surface area (Å²) in [5.41, 5.74) is 5.76. The second-order valence-corrected chi connectivity index (χ2v) is 7.13. The predicted molar refractivity (Wildman–Crippen MR) is 113 cm³/mol. The van der Waals surface area contributed by atoms with Crippen LogP contribution in [0.3, 0.4) is 0 Å². The zero-order valence-electron chi connectivity index (χ0n) is 16.1. The SMILES string of the molecule is Cc1c(-c2ccc3c(c2)/C(=C/c2ccc[nH]2)C(=O)N3)cnc2c1N(C(=O)O)CCO2. The molecule has 2 aromatic heterocycles. The number of nitrogens with zero attached hydrogens (tertiary/aromatic N) is 2. The molecule has 0 atom stereocenters. The molecule has 0 saturated heterocycles. The third-order valence-electron chi connectivity index (χ3n) is 5.36. The average Bonchev–Trinajstić information content (AvgIpc) is 3.36. The number of carbonyl (C=O) groups is 2. The van der Waals surface area contributed by atoms with Crippen LogP contribution in [0.5, 0.6) is 5.88 Å². The third-order valence-corrected chi connectivity index (χ3v) is 5.36. The first-order chi connectivity index (χ1) is 14.5. The summed E-state index contributed by atoms with van der Waals surface area (Å²) in [6, 6.07) is 9.42. The molecule has 0 unspecified atom stereocenters. The summed E-state index contributed by atoms with van der Waals surface area (Å²) >= 11 is 0. The van der Waals surface area contributed by atoms with Gasteiger partial charge in [0.15, 0.2) is 0 Å². The number of hydrogen-bond acceptors (Lipinski definition) is 4. The topological polar surface area (TPSA) is 108 Å². The van der Waals surface area contributed by atoms with E-state index in [9.17, 15) is 14.7 Å². The van der Waals surface area contributed by atoms with Gasteiger partial charge in [-0.2, -0.15) is 0 Å². The standard InChI is InChI=1S/C22H18N4O4/c1-12-17(11-24-21-19(12)26(22(28)29)7-8-30-21)13-4-5-18-15(9-13)16(20(27)25-18)10-14-3-2-6-23-14/h2-6,9-11,23H,7-8H2,1H3,(H,25,27)(H,28,29)/b16-10-. The van der Waals surface area contributed by atoms with Crippen LogP contribution in [0.1, 0.15) is 16.8 Å². The number of nitrogens with one attached hydrogen (secondary N) is 2. The number of anilines is 2. The lowest BCUT2D eigenvalue weighted by molar-refractivity contribution is -0.110. The molecule has 2 aliphatic heterocycles. The van der Waals surface area contributed by atoms with E-state index in [1.807, 2.05) is 43.3 Å². The van der Waals surface area contributed by atoms with Crippen LogP contribution in [-0.2, 0) is 4.79 Å². The number of fused-ring (bicyclic) bond motifs is 2. The fourth-order valence-corrected chi connectivity index (χ4v) is 3.91. The van der Waals surface area contributed by atoms with Gasteiger partial charge in [-0.15, -0.1) is 0 Å². The van der Waals surface area contributed by atoms with Crippen LogP contribution in [0.4, 0.5) is 16.2 Å². The Morgan fingerprint density at radius 2 is 2.17 bits per heavy atom. The molecule has 0 bridgehead atoms. The molecular formula is C22H18N4O4. The van der Waals surface area contributed by atoms with Crippen LogP contribution in [0.15, 0.2) is 42.7 Å². The van der Waals surface area contributed by atoms with Crippen molar-refractivity contribution in [3.05, 3.63) is 59.5 Å². The molecular weight excluding hydrogens is 384 g/mol. The molecule has 0 fully saturated rings. The van der Waals surface area contributed by atoms with E-state index in [0.29, 0.717) is 17.1 Å². The van der Waals surface area contributed by atoms with Crippen molar-refractivity contribution in [2.24, 2.45) is 0 Å². The first-order valence-corrected chi connectivity index (χ1v) is 9.47. The van der Waals surface area contributed by atoms with Gasteiger partial charge in [0, 0.05) is 34.9 Å². The summed E-state index contributed by atoms with van der Waals surface area (Å²) in [6.45, 7) is 2.37. The highest BCUT2D eigenvalue weighted by atomic mass is 16.5. The number of benzene rings is 1. The molecule has 0 saturated carbocycles. The van der Waals surface area contributed by atoms with Crippen molar-refractivity contribution < 1.29 is 19.4 Å². The number of H-pyrrole nitrogens is 1. The van der Waals surface area contributed by atoms with Crippen molar-refractivity contribution in [2.45, 2.75) is 6.92 Å². The highest BCUT2D eigenvalue weighted by Crippen LogP contribution is 2.41. The Balaban J connectivity index is 1.62. The smallest absolute Gasteiger partial charge is 0.412 e. The van der Waals surface area contributed by atoms with Gasteiger partial charge in [-0.3, -0.25) is 9.69 Å². The number of ether oxygens (including phenoxy) is 1. The molecule has 4 heterocycles. The molecule has 0 radical (unpaired) electrons. The summed E-state index contributed by atoms with van der Waals surface area (Å²) in [6.07, 6.45) is 4.25. The fraction of sp³-hybridized carbons (Fsp3) is 0.136. The van der Waals surface area contributed by atoms with Crippen molar-refractivity contribution in [1.82, 2.24) is 9.97 Å². The van der Waals surface area contributed by atoms with E-state index >= 15 is 0 Å². The van der Waals surface area contributed by atoms with Gasteiger partial charge in [-0.05, 0) is 48.4 Å². The third kappa shape index (κ3) is 2.81. The monoisotopic (exact) mass is 402 g/mol. The normalized spacial score (nSPS) is 16.1. The molecule has 8 nitrogen and oxygen atoms in total. The average molecular weight is 402 g/mol. The molecule has 1 aromatic carbocycles. The van der Waals surface area contributed by atoms with Crippen LogP contribution in [0.2, 0.25) is 0 Å². The highest BCUT2D eigenvalue weighted by molar-refractivity contribution is 6.35. The maximum Gasteiger partial charge on any atom is 0.412 e. The lowest BCUT2D eigenvalue weighted by Gasteiger charge is -2.28. The fourth-order valence-electron chi connectivity index (χ4n) is 3.91. The summed E-state index contributed by atoms with van der Waals surface area (Å²) in [7, 11) is 0. The van der Waals surface area contributed by atoms with Crippen LogP contribution >= 0.6 is 0 Å². The summed E-state index contributed by atoms with van der Waals surface area (Å²) in [5, 5.41) is 12.5. The molecule has 0 aliphatic carbocycles. The van der Waals surface area contributed by atoms with Crippen LogP contribution in [0, 0.1) is 6.92 Å². The Morgan fingerprint density at radius 3 is 2.93 bits per heavy atom. The minimum absolute atomic E-state index is 0.164. The second-order valence-electron chi connectivity index (χ2n) is 7.13. The Morgan fingerprint density at radius 1 is 1.30 bits per heavy atom. The maximum atomic E-state index is 12.5. The van der Waals surface area contributed by atoms with Crippen LogP contribution in [0.25, 0.3) is 22.8 Å². The van der Waals surface area contributed by atoms with Crippen molar-refractivity contribution in [2.75, 3.05) is 23.4 Å². The van der Waals surface area contributed by atoms with E-state index in [0.717, 1.165) is 33.6 Å². The van der Waals surface area contributed by atoms with E-state index < -0.39 is 6.09 Å². The first kappa shape index (κ1) is 18.0. The van der Waals surface area contributed by atoms with E-state index in [4.69, 9.17) is 4.74 Å². The van der Waals surface area contributed by atoms with Gasteiger partial charge in [-0.25, -0.2) is 9.78 Å². The summed E-state index contributed by atoms with van der Waals surface area (Å²) < 4.78 is 5.56. The van der Waals surface area contributed by atoms with E-state index in [1.165, 1.54) is 4.90 Å². The lowest BCUT2D eigenvalue weighted by Crippen LogP contribution is -2.37. The molecule has 30 heavy (non-hydrogen) atoms. The van der Waals surface area contributed by atoms with Crippen molar-refractivity contribution in [3.63, 3.8) is 0 Å². The number of pyridine rings is 1. The molecule has 0 spiro atoms. The van der Waals surface area contributed by atoms with Gasteiger partial charge >= 0.3 is 6.09 Å². The molecule has 8 heteroatoms. The van der Waals surface area contributed by atoms with Gasteiger partial charge in [0.05, 0.1) is 12.1 Å². The molecule has 5 rings (SSSR count). The van der Waals surface area contributed by atoms with Crippen molar-refractivity contribution in [1.29, 1.82) is 0 Å². The highest BCUT2D eigenvalue weighted by Gasteiger charge is 2.29. The quantitative estimate of drug-likeness (QED) is 0.566. The number of aromatic nitrogens is 2. The zero-order valence-corrected chi connectivity index (χ0v) is 16.1. The van der Waals surface area contributed by atoms with E-state index in [1.54, 1.807) is 12.4 Å². The van der Waals surface area contributed by atoms with Gasteiger partial charge in [0.1, 0.15) is 12.3 Å². The van der Waals surface area contributed by atoms with Crippen LogP contribution < -0.4 is 15.0 Å². The Bertz CT molecular complexity index is 1210. The van der Waals surface area contributed by atoms with Gasteiger partial charge < -0.3 is 20.1 Å². The Labute approximate surface area is 171 Å². The molecule has 3 aromatic rings. The number of amides is 2. The minimum Gasteiger partial charge on any atom is -0.474 e. The summed E-state index contributed by atoms with van der Waals surface area (Å²) in [4.78, 5) is 32.9. The van der Waals surface area contributed by atoms with Crippen molar-refractivity contribution >= 4 is 35.0 Å². The van der Waals surface area contributed by atoms with E-state index in [-0.39, 0.29) is 19.1 Å². The predicted octanol–water partition coefficient (Wildman–Crippen LogP) is 3.75. The molecule has 2 aliphatic rings. The van der Waals surface area contributed by atoms with Crippen LogP contribution in [-0.4, -0.2) is 40.2 Å². The Kier molecular flexibility index (Phi) is 4.06. The lowest BCUT2D eigenvalue weighted by atomic mass is 9.96. The van der Waals surface area contributed by atoms with Gasteiger partial charge in [-0.1, -0.05) is 6.07 Å². The largest absolute Gasteiger partial charge is 0.474 e. The molecule has 150 valence electrons. The first-order valence-electron chi connectivity index (χ1n) is 9.47.